The van der Waals surface area contributed by atoms with Crippen LogP contribution in [0, 0.1) is 17.3 Å². The van der Waals surface area contributed by atoms with Crippen molar-refractivity contribution < 1.29 is 4.74 Å². The average Bonchev–Trinajstić information content (AvgIpc) is 3.79. The van der Waals surface area contributed by atoms with Crippen molar-refractivity contribution in [2.24, 2.45) is 17.3 Å². The number of hydrogen-bond acceptors (Lipinski definition) is 4. The van der Waals surface area contributed by atoms with Crippen molar-refractivity contribution in [3.05, 3.63) is 181 Å². The normalized spacial score (nSPS) is 23.6. The summed E-state index contributed by atoms with van der Waals surface area (Å²) in [5, 5.41) is 2.49. The number of nitrogens with zero attached hydrogens (tertiary/aromatic N) is 3. The summed E-state index contributed by atoms with van der Waals surface area (Å²) in [6.07, 6.45) is 22.1. The third kappa shape index (κ3) is 5.08. The molecular formula is C50H39N3O. The highest BCUT2D eigenvalue weighted by Crippen LogP contribution is 2.72. The van der Waals surface area contributed by atoms with Gasteiger partial charge < -0.3 is 4.74 Å². The third-order valence-corrected chi connectivity index (χ3v) is 12.3. The van der Waals surface area contributed by atoms with Gasteiger partial charge in [0.05, 0.1) is 22.5 Å². The molecule has 4 aromatic carbocycles. The minimum absolute atomic E-state index is 0.160. The number of pyridine rings is 1. The highest BCUT2D eigenvalue weighted by Gasteiger charge is 2.72. The molecule has 1 saturated carbocycles. The molecule has 3 heterocycles. The van der Waals surface area contributed by atoms with Crippen LogP contribution in [0.3, 0.4) is 0 Å². The van der Waals surface area contributed by atoms with Gasteiger partial charge in [-0.3, -0.25) is 4.98 Å². The first-order valence-corrected chi connectivity index (χ1v) is 19.4. The van der Waals surface area contributed by atoms with Crippen LogP contribution in [0.15, 0.2) is 175 Å². The van der Waals surface area contributed by atoms with Crippen molar-refractivity contribution in [2.45, 2.75) is 38.2 Å². The van der Waals surface area contributed by atoms with Crippen molar-refractivity contribution in [3.63, 3.8) is 0 Å². The molecule has 6 aromatic rings. The highest BCUT2D eigenvalue weighted by atomic mass is 16.5. The monoisotopic (exact) mass is 697 g/mol. The first-order valence-electron chi connectivity index (χ1n) is 19.4. The Bertz CT molecular complexity index is 2620. The van der Waals surface area contributed by atoms with E-state index >= 15 is 0 Å². The van der Waals surface area contributed by atoms with Crippen LogP contribution < -0.4 is 0 Å². The lowest BCUT2D eigenvalue weighted by Gasteiger charge is -2.28. The van der Waals surface area contributed by atoms with E-state index in [4.69, 9.17) is 14.7 Å². The fraction of sp³-hybridized carbons (Fsp3) is 0.180. The van der Waals surface area contributed by atoms with Gasteiger partial charge >= 0.3 is 0 Å². The van der Waals surface area contributed by atoms with Crippen LogP contribution in [-0.4, -0.2) is 21.1 Å². The summed E-state index contributed by atoms with van der Waals surface area (Å²) in [6, 6.07) is 40.4. The topological polar surface area (TPSA) is 47.9 Å². The van der Waals surface area contributed by atoms with Crippen LogP contribution in [0.1, 0.15) is 37.8 Å². The zero-order valence-electron chi connectivity index (χ0n) is 30.0. The standard InChI is InChI=1S/C50H39N3O/c1-2-14-39-32(10-1)11-8-15-40(39)33-22-26-36(27-23-33)49-52-45(31-46(53-49)38-13-7-12-37(30-38)44-19-4-6-29-51-44)35-24-20-34(21-25-35)41-16-9-18-42-47(41)54-48-43-17-3-5-28-50(42,43)48/h1-2,4-8,10-15,18-20,22-31,34,43,48H,3,9,16-17,21H2/t34?,43?,48?,50-/m1/s1. The third-order valence-electron chi connectivity index (χ3n) is 12.3. The maximum Gasteiger partial charge on any atom is 0.160 e. The Morgan fingerprint density at radius 2 is 1.50 bits per heavy atom. The molecule has 4 aliphatic carbocycles. The predicted molar refractivity (Wildman–Crippen MR) is 218 cm³/mol. The summed E-state index contributed by atoms with van der Waals surface area (Å²) in [7, 11) is 0. The number of benzene rings is 4. The lowest BCUT2D eigenvalue weighted by atomic mass is 9.78. The summed E-state index contributed by atoms with van der Waals surface area (Å²) in [5.74, 6) is 2.92. The molecule has 1 aliphatic heterocycles. The van der Waals surface area contributed by atoms with Crippen LogP contribution in [-0.2, 0) is 4.74 Å². The van der Waals surface area contributed by atoms with Crippen molar-refractivity contribution >= 4 is 16.3 Å². The molecule has 54 heavy (non-hydrogen) atoms. The van der Waals surface area contributed by atoms with E-state index in [1.165, 1.54) is 51.6 Å². The molecule has 4 atom stereocenters. The Hall–Kier alpha value is -6.13. The lowest BCUT2D eigenvalue weighted by Crippen LogP contribution is -2.16. The molecule has 0 amide bonds. The number of ether oxygens (including phenoxy) is 1. The molecule has 0 N–H and O–H groups in total. The Labute approximate surface area is 316 Å². The zero-order chi connectivity index (χ0) is 35.6. The van der Waals surface area contributed by atoms with Gasteiger partial charge in [-0.25, -0.2) is 9.97 Å². The van der Waals surface area contributed by atoms with Gasteiger partial charge in [-0.15, -0.1) is 0 Å². The number of aromatic nitrogens is 3. The Morgan fingerprint density at radius 3 is 2.37 bits per heavy atom. The fourth-order valence-electron chi connectivity index (χ4n) is 9.56. The predicted octanol–water partition coefficient (Wildman–Crippen LogP) is 12.0. The zero-order valence-corrected chi connectivity index (χ0v) is 30.0. The maximum atomic E-state index is 6.76. The summed E-state index contributed by atoms with van der Waals surface area (Å²) in [5.41, 5.74) is 12.5. The van der Waals surface area contributed by atoms with E-state index in [0.29, 0.717) is 23.8 Å². The number of allylic oxidation sites excluding steroid dienone is 8. The largest absolute Gasteiger partial charge is 0.489 e. The van der Waals surface area contributed by atoms with Gasteiger partial charge in [-0.1, -0.05) is 127 Å². The molecule has 0 bridgehead atoms. The fourth-order valence-corrected chi connectivity index (χ4v) is 9.56. The molecule has 2 fully saturated rings. The number of fused-ring (bicyclic) bond motifs is 3. The maximum absolute atomic E-state index is 6.76. The van der Waals surface area contributed by atoms with E-state index < -0.39 is 0 Å². The van der Waals surface area contributed by atoms with E-state index in [2.05, 4.69) is 139 Å². The van der Waals surface area contributed by atoms with Crippen molar-refractivity contribution in [2.75, 3.05) is 0 Å². The van der Waals surface area contributed by atoms with Gasteiger partial charge in [0.2, 0.25) is 0 Å². The first kappa shape index (κ1) is 31.4. The van der Waals surface area contributed by atoms with Gasteiger partial charge in [0.25, 0.3) is 0 Å². The molecule has 0 radical (unpaired) electrons. The van der Waals surface area contributed by atoms with Gasteiger partial charge in [0.15, 0.2) is 5.82 Å². The quantitative estimate of drug-likeness (QED) is 0.163. The molecule has 5 aliphatic rings. The average molecular weight is 698 g/mol. The van der Waals surface area contributed by atoms with E-state index in [1.54, 1.807) is 0 Å². The van der Waals surface area contributed by atoms with Crippen molar-refractivity contribution in [3.8, 4) is 45.0 Å². The summed E-state index contributed by atoms with van der Waals surface area (Å²) >= 11 is 0. The first-order chi connectivity index (χ1) is 26.7. The molecular weight excluding hydrogens is 659 g/mol. The Kier molecular flexibility index (Phi) is 7.26. The Morgan fingerprint density at radius 1 is 0.685 bits per heavy atom. The second-order valence-corrected chi connectivity index (χ2v) is 15.3. The van der Waals surface area contributed by atoms with Gasteiger partial charge in [-0.2, -0.15) is 0 Å². The second-order valence-electron chi connectivity index (χ2n) is 15.3. The summed E-state index contributed by atoms with van der Waals surface area (Å²) in [6.45, 7) is 0. The minimum Gasteiger partial charge on any atom is -0.489 e. The van der Waals surface area contributed by atoms with E-state index in [-0.39, 0.29) is 5.41 Å². The number of rotatable bonds is 6. The van der Waals surface area contributed by atoms with Crippen LogP contribution in [0.2, 0.25) is 0 Å². The van der Waals surface area contributed by atoms with Crippen molar-refractivity contribution in [1.29, 1.82) is 0 Å². The second kappa shape index (κ2) is 12.5. The Balaban J connectivity index is 0.948. The van der Waals surface area contributed by atoms with Crippen LogP contribution >= 0.6 is 0 Å². The SMILES string of the molecule is C1=C[C@]23C4=CCCC(C5C=CC(c6cc(-c7cccc(-c8ccccn8)c7)nc(-c7ccc(-c8cccc9ccccc89)cc7)n6)=CC5)=C4OC2C3CC1. The smallest absolute Gasteiger partial charge is 0.160 e. The van der Waals surface area contributed by atoms with E-state index in [1.807, 2.05) is 24.4 Å². The van der Waals surface area contributed by atoms with Crippen LogP contribution in [0.5, 0.6) is 0 Å². The van der Waals surface area contributed by atoms with Crippen LogP contribution in [0.25, 0.3) is 61.4 Å². The number of hydrogen-bond donors (Lipinski definition) is 0. The molecule has 4 nitrogen and oxygen atoms in total. The minimum atomic E-state index is 0.160. The molecule has 1 saturated heterocycles. The highest BCUT2D eigenvalue weighted by molar-refractivity contribution is 5.96. The molecule has 3 unspecified atom stereocenters. The lowest BCUT2D eigenvalue weighted by molar-refractivity contribution is 0.197. The van der Waals surface area contributed by atoms with E-state index in [9.17, 15) is 0 Å². The molecule has 11 rings (SSSR count). The molecule has 4 heteroatoms. The van der Waals surface area contributed by atoms with Gasteiger partial charge in [-0.05, 0) is 89.4 Å². The van der Waals surface area contributed by atoms with Gasteiger partial charge in [0, 0.05) is 40.3 Å². The van der Waals surface area contributed by atoms with E-state index in [0.717, 1.165) is 58.6 Å². The summed E-state index contributed by atoms with van der Waals surface area (Å²) < 4.78 is 6.76. The molecule has 1 spiro atoms. The summed E-state index contributed by atoms with van der Waals surface area (Å²) in [4.78, 5) is 15.1. The van der Waals surface area contributed by atoms with Crippen LogP contribution in [0.4, 0.5) is 0 Å². The van der Waals surface area contributed by atoms with Gasteiger partial charge in [0.1, 0.15) is 11.9 Å². The molecule has 260 valence electrons. The molecule has 2 aromatic heterocycles. The van der Waals surface area contributed by atoms with Crippen molar-refractivity contribution in [1.82, 2.24) is 15.0 Å².